The van der Waals surface area contributed by atoms with E-state index in [0.29, 0.717) is 17.0 Å². The van der Waals surface area contributed by atoms with Gasteiger partial charge in [-0.15, -0.1) is 0 Å². The first kappa shape index (κ1) is 18.6. The number of rotatable bonds is 6. The van der Waals surface area contributed by atoms with Crippen LogP contribution in [0.25, 0.3) is 11.0 Å². The molecule has 2 aromatic heterocycles. The number of carbonyl (C=O) groups excluding carboxylic acids is 1. The van der Waals surface area contributed by atoms with Gasteiger partial charge in [-0.25, -0.2) is 4.79 Å². The van der Waals surface area contributed by atoms with E-state index < -0.39 is 11.7 Å². The standard InChI is InChI=1S/C20H21N3O4/c1-4-14-7-19(24)27-18-8-16(5-6-17(14)18)26-13(3)20(25)23-11-15-10-21-12(2)9-22-15/h5-10,13H,4,11H2,1-3H3,(H,23,25). The second-order valence-electron chi connectivity index (χ2n) is 6.23. The molecule has 140 valence electrons. The summed E-state index contributed by atoms with van der Waals surface area (Å²) in [4.78, 5) is 32.2. The first-order chi connectivity index (χ1) is 13.0. The van der Waals surface area contributed by atoms with Crippen LogP contribution in [0, 0.1) is 6.92 Å². The van der Waals surface area contributed by atoms with Crippen LogP contribution in [0.4, 0.5) is 0 Å². The van der Waals surface area contributed by atoms with Crippen molar-refractivity contribution in [2.45, 2.75) is 39.8 Å². The minimum absolute atomic E-state index is 0.270. The van der Waals surface area contributed by atoms with Crippen LogP contribution >= 0.6 is 0 Å². The molecule has 3 aromatic rings. The number of benzene rings is 1. The molecule has 1 unspecified atom stereocenters. The van der Waals surface area contributed by atoms with Crippen molar-refractivity contribution in [1.29, 1.82) is 0 Å². The van der Waals surface area contributed by atoms with Gasteiger partial charge >= 0.3 is 5.63 Å². The molecular weight excluding hydrogens is 346 g/mol. The summed E-state index contributed by atoms with van der Waals surface area (Å²) >= 11 is 0. The molecule has 1 N–H and O–H groups in total. The van der Waals surface area contributed by atoms with E-state index in [9.17, 15) is 9.59 Å². The van der Waals surface area contributed by atoms with Crippen LogP contribution in [-0.2, 0) is 17.8 Å². The third-order valence-electron chi connectivity index (χ3n) is 4.14. The summed E-state index contributed by atoms with van der Waals surface area (Å²) in [5, 5.41) is 3.62. The van der Waals surface area contributed by atoms with Gasteiger partial charge in [0.15, 0.2) is 6.10 Å². The number of ether oxygens (including phenoxy) is 1. The van der Waals surface area contributed by atoms with Crippen LogP contribution in [0.15, 0.2) is 45.9 Å². The van der Waals surface area contributed by atoms with Crippen molar-refractivity contribution in [3.05, 3.63) is 64.0 Å². The molecule has 1 atom stereocenters. The van der Waals surface area contributed by atoms with Crippen molar-refractivity contribution in [1.82, 2.24) is 15.3 Å². The van der Waals surface area contributed by atoms with Gasteiger partial charge in [0.1, 0.15) is 11.3 Å². The number of hydrogen-bond acceptors (Lipinski definition) is 6. The van der Waals surface area contributed by atoms with Crippen molar-refractivity contribution < 1.29 is 13.9 Å². The number of aryl methyl sites for hydroxylation is 2. The fraction of sp³-hybridized carbons (Fsp3) is 0.300. The molecule has 0 aliphatic rings. The summed E-state index contributed by atoms with van der Waals surface area (Å²) in [6.07, 6.45) is 3.28. The Hall–Kier alpha value is -3.22. The van der Waals surface area contributed by atoms with Crippen molar-refractivity contribution in [2.24, 2.45) is 0 Å². The topological polar surface area (TPSA) is 94.3 Å². The third-order valence-corrected chi connectivity index (χ3v) is 4.14. The number of carbonyl (C=O) groups is 1. The number of amides is 1. The Balaban J connectivity index is 1.67. The molecule has 0 saturated heterocycles. The van der Waals surface area contributed by atoms with E-state index in [1.807, 2.05) is 19.9 Å². The Morgan fingerprint density at radius 1 is 1.26 bits per heavy atom. The van der Waals surface area contributed by atoms with Crippen LogP contribution in [0.2, 0.25) is 0 Å². The maximum absolute atomic E-state index is 12.2. The smallest absolute Gasteiger partial charge is 0.336 e. The minimum Gasteiger partial charge on any atom is -0.481 e. The number of aromatic nitrogens is 2. The third kappa shape index (κ3) is 4.49. The van der Waals surface area contributed by atoms with Gasteiger partial charge in [0, 0.05) is 23.7 Å². The minimum atomic E-state index is -0.720. The number of hydrogen-bond donors (Lipinski definition) is 1. The van der Waals surface area contributed by atoms with Crippen molar-refractivity contribution in [2.75, 3.05) is 0 Å². The molecular formula is C20H21N3O4. The van der Waals surface area contributed by atoms with Crippen molar-refractivity contribution in [3.8, 4) is 5.75 Å². The quantitative estimate of drug-likeness (QED) is 0.673. The van der Waals surface area contributed by atoms with Gasteiger partial charge in [-0.1, -0.05) is 6.92 Å². The van der Waals surface area contributed by atoms with Gasteiger partial charge in [-0.2, -0.15) is 0 Å². The molecule has 3 rings (SSSR count). The number of nitrogens with one attached hydrogen (secondary N) is 1. The molecule has 0 fully saturated rings. The Bertz CT molecular complexity index is 1010. The lowest BCUT2D eigenvalue weighted by atomic mass is 10.1. The molecule has 7 nitrogen and oxygen atoms in total. The van der Waals surface area contributed by atoms with Gasteiger partial charge < -0.3 is 14.5 Å². The van der Waals surface area contributed by atoms with Crippen LogP contribution in [-0.4, -0.2) is 22.0 Å². The first-order valence-corrected chi connectivity index (χ1v) is 8.75. The second kappa shape index (κ2) is 7.99. The highest BCUT2D eigenvalue weighted by Gasteiger charge is 2.15. The zero-order chi connectivity index (χ0) is 19.4. The fourth-order valence-corrected chi connectivity index (χ4v) is 2.67. The van der Waals surface area contributed by atoms with E-state index in [0.717, 1.165) is 23.1 Å². The van der Waals surface area contributed by atoms with Gasteiger partial charge in [0.05, 0.1) is 24.1 Å². The normalized spacial score (nSPS) is 12.0. The molecule has 1 aromatic carbocycles. The Labute approximate surface area is 156 Å². The monoisotopic (exact) mass is 367 g/mol. The summed E-state index contributed by atoms with van der Waals surface area (Å²) in [5.74, 6) is 0.179. The van der Waals surface area contributed by atoms with E-state index in [4.69, 9.17) is 9.15 Å². The summed E-state index contributed by atoms with van der Waals surface area (Å²) in [6, 6.07) is 6.72. The second-order valence-corrected chi connectivity index (χ2v) is 6.23. The van der Waals surface area contributed by atoms with Gasteiger partial charge in [-0.3, -0.25) is 14.8 Å². The molecule has 7 heteroatoms. The average molecular weight is 367 g/mol. The highest BCUT2D eigenvalue weighted by atomic mass is 16.5. The SMILES string of the molecule is CCc1cc(=O)oc2cc(OC(C)C(=O)NCc3cnc(C)cn3)ccc12. The van der Waals surface area contributed by atoms with E-state index >= 15 is 0 Å². The Morgan fingerprint density at radius 3 is 2.78 bits per heavy atom. The molecule has 0 aliphatic heterocycles. The highest BCUT2D eigenvalue weighted by Crippen LogP contribution is 2.23. The summed E-state index contributed by atoms with van der Waals surface area (Å²) < 4.78 is 10.9. The van der Waals surface area contributed by atoms with E-state index in [2.05, 4.69) is 15.3 Å². The molecule has 0 saturated carbocycles. The van der Waals surface area contributed by atoms with Gasteiger partial charge in [0.25, 0.3) is 5.91 Å². The first-order valence-electron chi connectivity index (χ1n) is 8.75. The van der Waals surface area contributed by atoms with Crippen LogP contribution < -0.4 is 15.7 Å². The van der Waals surface area contributed by atoms with Crippen molar-refractivity contribution >= 4 is 16.9 Å². The predicted octanol–water partition coefficient (Wildman–Crippen LogP) is 2.54. The lowest BCUT2D eigenvalue weighted by molar-refractivity contribution is -0.127. The fourth-order valence-electron chi connectivity index (χ4n) is 2.67. The predicted molar refractivity (Wildman–Crippen MR) is 101 cm³/mol. The average Bonchev–Trinajstić information content (AvgIpc) is 2.66. The van der Waals surface area contributed by atoms with Gasteiger partial charge in [0.2, 0.25) is 0 Å². The molecule has 27 heavy (non-hydrogen) atoms. The Morgan fingerprint density at radius 2 is 2.07 bits per heavy atom. The summed E-state index contributed by atoms with van der Waals surface area (Å²) in [5.41, 5.74) is 2.44. The lowest BCUT2D eigenvalue weighted by Crippen LogP contribution is -2.36. The molecule has 0 spiro atoms. The molecule has 1 amide bonds. The number of fused-ring (bicyclic) bond motifs is 1. The van der Waals surface area contributed by atoms with E-state index in [1.165, 1.54) is 6.07 Å². The molecule has 0 radical (unpaired) electrons. The van der Waals surface area contributed by atoms with Gasteiger partial charge in [-0.05, 0) is 38.0 Å². The Kier molecular flexibility index (Phi) is 5.49. The maximum Gasteiger partial charge on any atom is 0.336 e. The van der Waals surface area contributed by atoms with E-state index in [1.54, 1.807) is 31.5 Å². The summed E-state index contributed by atoms with van der Waals surface area (Å²) in [7, 11) is 0. The largest absolute Gasteiger partial charge is 0.481 e. The molecule has 0 aliphatic carbocycles. The maximum atomic E-state index is 12.2. The van der Waals surface area contributed by atoms with Crippen LogP contribution in [0.1, 0.15) is 30.8 Å². The molecule has 0 bridgehead atoms. The highest BCUT2D eigenvalue weighted by molar-refractivity contribution is 5.82. The lowest BCUT2D eigenvalue weighted by Gasteiger charge is -2.15. The van der Waals surface area contributed by atoms with Crippen LogP contribution in [0.5, 0.6) is 5.75 Å². The van der Waals surface area contributed by atoms with E-state index in [-0.39, 0.29) is 12.5 Å². The van der Waals surface area contributed by atoms with Crippen LogP contribution in [0.3, 0.4) is 0 Å². The zero-order valence-corrected chi connectivity index (χ0v) is 15.5. The summed E-state index contributed by atoms with van der Waals surface area (Å²) in [6.45, 7) is 5.75. The number of nitrogens with zero attached hydrogens (tertiary/aromatic N) is 2. The molecule has 2 heterocycles. The zero-order valence-electron chi connectivity index (χ0n) is 15.5. The van der Waals surface area contributed by atoms with Crippen molar-refractivity contribution in [3.63, 3.8) is 0 Å².